The highest BCUT2D eigenvalue weighted by Crippen LogP contribution is 2.12. The Kier molecular flexibility index (Phi) is 5.60. The Hall–Kier alpha value is -0.100. The molecule has 82 valence electrons. The lowest BCUT2D eigenvalue weighted by Crippen LogP contribution is -2.22. The number of rotatable bonds is 3. The third-order valence-corrected chi connectivity index (χ3v) is 3.66. The summed E-state index contributed by atoms with van der Waals surface area (Å²) in [5.74, 6) is 0. The third-order valence-electron chi connectivity index (χ3n) is 1.77. The molecule has 0 saturated heterocycles. The van der Waals surface area contributed by atoms with Crippen LogP contribution in [-0.4, -0.2) is 22.7 Å². The fraction of sp³-hybridized carbons (Fsp3) is 0.300. The Morgan fingerprint density at radius 2 is 2.07 bits per heavy atom. The second kappa shape index (κ2) is 6.48. The fourth-order valence-corrected chi connectivity index (χ4v) is 1.56. The minimum Gasteiger partial charge on any atom is -0.268 e. The summed E-state index contributed by atoms with van der Waals surface area (Å²) in [6.07, 6.45) is 1.93. The van der Waals surface area contributed by atoms with Gasteiger partial charge in [0.05, 0.1) is 6.61 Å². The van der Waals surface area contributed by atoms with Gasteiger partial charge in [-0.15, -0.1) is 0 Å². The molecule has 0 aliphatic carbocycles. The van der Waals surface area contributed by atoms with Crippen LogP contribution in [0.25, 0.3) is 0 Å². The van der Waals surface area contributed by atoms with Crippen molar-refractivity contribution in [2.45, 2.75) is 6.61 Å². The molecule has 0 N–H and O–H groups in total. The summed E-state index contributed by atoms with van der Waals surface area (Å²) in [6.45, 7) is 0.532. The highest BCUT2D eigenvalue weighted by atomic mass is 79.9. The summed E-state index contributed by atoms with van der Waals surface area (Å²) < 4.78 is 1.80. The monoisotopic (exact) mass is 305 g/mol. The van der Waals surface area contributed by atoms with Crippen molar-refractivity contribution in [1.29, 1.82) is 0 Å². The van der Waals surface area contributed by atoms with E-state index >= 15 is 0 Å². The smallest absolute Gasteiger partial charge is 0.159 e. The van der Waals surface area contributed by atoms with Crippen LogP contribution in [0, 0.1) is 0 Å². The standard InChI is InChI=1S/C10H12BrNOS2/c1-12(10(14)15-2)13-7-8-3-5-9(11)6-4-8/h3-6H,7H2,1-2H3. The van der Waals surface area contributed by atoms with Crippen molar-refractivity contribution in [1.82, 2.24) is 5.06 Å². The second-order valence-electron chi connectivity index (χ2n) is 2.87. The molecule has 0 bridgehead atoms. The molecule has 0 spiro atoms. The van der Waals surface area contributed by atoms with Crippen LogP contribution in [0.15, 0.2) is 28.7 Å². The largest absolute Gasteiger partial charge is 0.268 e. The zero-order valence-corrected chi connectivity index (χ0v) is 11.8. The molecule has 0 radical (unpaired) electrons. The molecule has 1 aromatic rings. The molecule has 5 heteroatoms. The van der Waals surface area contributed by atoms with Gasteiger partial charge in [-0.25, -0.2) is 5.06 Å². The minimum atomic E-state index is 0.532. The first-order valence-electron chi connectivity index (χ1n) is 4.32. The van der Waals surface area contributed by atoms with Crippen molar-refractivity contribution in [3.05, 3.63) is 34.3 Å². The number of halogens is 1. The molecule has 0 heterocycles. The van der Waals surface area contributed by atoms with Crippen molar-refractivity contribution < 1.29 is 4.84 Å². The van der Waals surface area contributed by atoms with Crippen LogP contribution in [-0.2, 0) is 11.4 Å². The minimum absolute atomic E-state index is 0.532. The lowest BCUT2D eigenvalue weighted by molar-refractivity contribution is -0.0866. The summed E-state index contributed by atoms with van der Waals surface area (Å²) in [5.41, 5.74) is 1.12. The average Bonchev–Trinajstić information content (AvgIpc) is 2.26. The lowest BCUT2D eigenvalue weighted by Gasteiger charge is -2.17. The Morgan fingerprint density at radius 3 is 2.60 bits per heavy atom. The van der Waals surface area contributed by atoms with Crippen molar-refractivity contribution in [3.8, 4) is 0 Å². The molecule has 0 aliphatic heterocycles. The van der Waals surface area contributed by atoms with Crippen LogP contribution < -0.4 is 0 Å². The fourth-order valence-electron chi connectivity index (χ4n) is 0.933. The summed E-state index contributed by atoms with van der Waals surface area (Å²) in [4.78, 5) is 5.48. The van der Waals surface area contributed by atoms with Gasteiger partial charge < -0.3 is 0 Å². The Balaban J connectivity index is 2.43. The van der Waals surface area contributed by atoms with E-state index in [1.165, 1.54) is 11.8 Å². The van der Waals surface area contributed by atoms with Crippen LogP contribution in [0.4, 0.5) is 0 Å². The SMILES string of the molecule is CSC(=S)N(C)OCc1ccc(Br)cc1. The van der Waals surface area contributed by atoms with Crippen molar-refractivity contribution >= 4 is 44.2 Å². The lowest BCUT2D eigenvalue weighted by atomic mass is 10.2. The third kappa shape index (κ3) is 4.51. The predicted molar refractivity (Wildman–Crippen MR) is 72.8 cm³/mol. The Bertz CT molecular complexity index is 329. The van der Waals surface area contributed by atoms with Gasteiger partial charge in [0, 0.05) is 11.5 Å². The Morgan fingerprint density at radius 1 is 1.47 bits per heavy atom. The van der Waals surface area contributed by atoms with Gasteiger partial charge in [-0.1, -0.05) is 52.0 Å². The van der Waals surface area contributed by atoms with E-state index in [-0.39, 0.29) is 0 Å². The summed E-state index contributed by atoms with van der Waals surface area (Å²) >= 11 is 9.95. The molecule has 0 aromatic heterocycles. The molecule has 15 heavy (non-hydrogen) atoms. The summed E-state index contributed by atoms with van der Waals surface area (Å²) in [6, 6.07) is 8.01. The second-order valence-corrected chi connectivity index (χ2v) is 5.22. The van der Waals surface area contributed by atoms with Gasteiger partial charge in [0.2, 0.25) is 0 Å². The van der Waals surface area contributed by atoms with E-state index in [1.54, 1.807) is 5.06 Å². The number of nitrogens with zero attached hydrogens (tertiary/aromatic N) is 1. The Labute approximate surface area is 108 Å². The van der Waals surface area contributed by atoms with Crippen LogP contribution in [0.2, 0.25) is 0 Å². The first-order chi connectivity index (χ1) is 7.13. The molecule has 0 unspecified atom stereocenters. The highest BCUT2D eigenvalue weighted by molar-refractivity contribution is 9.10. The molecule has 0 fully saturated rings. The number of hydrogen-bond donors (Lipinski definition) is 0. The van der Waals surface area contributed by atoms with Crippen molar-refractivity contribution in [2.24, 2.45) is 0 Å². The number of hydrogen-bond acceptors (Lipinski definition) is 3. The molecular formula is C10H12BrNOS2. The van der Waals surface area contributed by atoms with Crippen LogP contribution in [0.1, 0.15) is 5.56 Å². The van der Waals surface area contributed by atoms with Gasteiger partial charge in [-0.05, 0) is 24.0 Å². The van der Waals surface area contributed by atoms with Crippen molar-refractivity contribution in [3.63, 3.8) is 0 Å². The van der Waals surface area contributed by atoms with Gasteiger partial charge in [-0.2, -0.15) is 0 Å². The number of hydroxylamine groups is 2. The number of benzene rings is 1. The number of thiocarbonyl (C=S) groups is 1. The average molecular weight is 306 g/mol. The quantitative estimate of drug-likeness (QED) is 0.626. The van der Waals surface area contributed by atoms with E-state index in [4.69, 9.17) is 17.1 Å². The first kappa shape index (κ1) is 13.0. The maximum atomic E-state index is 5.48. The van der Waals surface area contributed by atoms with Crippen LogP contribution >= 0.6 is 39.9 Å². The molecular weight excluding hydrogens is 294 g/mol. The molecule has 0 saturated carbocycles. The zero-order chi connectivity index (χ0) is 11.3. The molecule has 0 aliphatic rings. The van der Waals surface area contributed by atoms with Crippen molar-refractivity contribution in [2.75, 3.05) is 13.3 Å². The van der Waals surface area contributed by atoms with Crippen LogP contribution in [0.5, 0.6) is 0 Å². The van der Waals surface area contributed by atoms with E-state index in [2.05, 4.69) is 15.9 Å². The topological polar surface area (TPSA) is 12.5 Å². The highest BCUT2D eigenvalue weighted by Gasteiger charge is 2.03. The first-order valence-corrected chi connectivity index (χ1v) is 6.75. The van der Waals surface area contributed by atoms with E-state index in [0.29, 0.717) is 6.61 Å². The molecule has 0 amide bonds. The van der Waals surface area contributed by atoms with E-state index in [1.807, 2.05) is 37.6 Å². The zero-order valence-electron chi connectivity index (χ0n) is 8.57. The van der Waals surface area contributed by atoms with Gasteiger partial charge >= 0.3 is 0 Å². The van der Waals surface area contributed by atoms with Gasteiger partial charge in [0.1, 0.15) is 0 Å². The number of thioether (sulfide) groups is 1. The van der Waals surface area contributed by atoms with E-state index in [0.717, 1.165) is 14.4 Å². The van der Waals surface area contributed by atoms with Gasteiger partial charge in [0.15, 0.2) is 4.32 Å². The van der Waals surface area contributed by atoms with E-state index < -0.39 is 0 Å². The van der Waals surface area contributed by atoms with Gasteiger partial charge in [-0.3, -0.25) is 4.84 Å². The summed E-state index contributed by atoms with van der Waals surface area (Å²) in [5, 5.41) is 1.61. The maximum Gasteiger partial charge on any atom is 0.159 e. The van der Waals surface area contributed by atoms with E-state index in [9.17, 15) is 0 Å². The van der Waals surface area contributed by atoms with Crippen LogP contribution in [0.3, 0.4) is 0 Å². The maximum absolute atomic E-state index is 5.48. The molecule has 1 aromatic carbocycles. The van der Waals surface area contributed by atoms with Gasteiger partial charge in [0.25, 0.3) is 0 Å². The predicted octanol–water partition coefficient (Wildman–Crippen LogP) is 3.46. The molecule has 0 atom stereocenters. The summed E-state index contributed by atoms with van der Waals surface area (Å²) in [7, 11) is 1.82. The molecule has 1 rings (SSSR count). The molecule has 2 nitrogen and oxygen atoms in total. The normalized spacial score (nSPS) is 10.1.